The van der Waals surface area contributed by atoms with Crippen molar-refractivity contribution < 1.29 is 5.79 Å². The normalized spacial score (nSPS) is 12.2. The van der Waals surface area contributed by atoms with E-state index in [0.717, 1.165) is 38.3 Å². The molecule has 178 valence electrons. The van der Waals surface area contributed by atoms with Crippen molar-refractivity contribution in [1.29, 1.82) is 0 Å². The zero-order valence-electron chi connectivity index (χ0n) is 22.0. The van der Waals surface area contributed by atoms with E-state index < -0.39 is 0 Å². The molecule has 0 atom stereocenters. The van der Waals surface area contributed by atoms with E-state index in [9.17, 15) is 0 Å². The van der Waals surface area contributed by atoms with Crippen molar-refractivity contribution in [2.75, 3.05) is 0 Å². The largest absolute Gasteiger partial charge is 0.456 e. The molecule has 0 aliphatic carbocycles. The van der Waals surface area contributed by atoms with Crippen molar-refractivity contribution in [2.24, 2.45) is 0 Å². The molecule has 0 bridgehead atoms. The van der Waals surface area contributed by atoms with E-state index in [1.54, 1.807) is 0 Å². The third-order valence-electron chi connectivity index (χ3n) is 7.89. The van der Waals surface area contributed by atoms with Crippen LogP contribution in [0.15, 0.2) is 132 Å². The van der Waals surface area contributed by atoms with E-state index in [0.29, 0.717) is 6.04 Å². The van der Waals surface area contributed by atoms with Crippen LogP contribution in [0.4, 0.5) is 0 Å². The summed E-state index contributed by atoms with van der Waals surface area (Å²) in [6, 6.07) is 43.4. The maximum absolute atomic E-state index is 8.00. The van der Waals surface area contributed by atoms with Gasteiger partial charge in [-0.15, -0.1) is 0 Å². The van der Waals surface area contributed by atoms with Crippen LogP contribution >= 0.6 is 0 Å². The van der Waals surface area contributed by atoms with Gasteiger partial charge in [0.25, 0.3) is 0 Å². The first-order valence-electron chi connectivity index (χ1n) is 13.5. The van der Waals surface area contributed by atoms with Crippen molar-refractivity contribution in [3.8, 4) is 22.3 Å². The Morgan fingerprint density at radius 1 is 0.500 bits per heavy atom. The molecule has 0 amide bonds. The van der Waals surface area contributed by atoms with Crippen molar-refractivity contribution in [2.45, 2.75) is 6.92 Å². The van der Waals surface area contributed by atoms with E-state index >= 15 is 0 Å². The lowest BCUT2D eigenvalue weighted by Crippen LogP contribution is -1.91. The summed E-state index contributed by atoms with van der Waals surface area (Å²) >= 11 is 0. The first-order valence-corrected chi connectivity index (χ1v) is 13.0. The van der Waals surface area contributed by atoms with Gasteiger partial charge >= 0.3 is 0 Å². The second kappa shape index (κ2) is 8.06. The molecule has 8 rings (SSSR count). The summed E-state index contributed by atoms with van der Waals surface area (Å²) in [5, 5.41) is 9.47. The highest BCUT2D eigenvalue weighted by molar-refractivity contribution is 6.22. The lowest BCUT2D eigenvalue weighted by Gasteiger charge is -2.18. The molecule has 0 aliphatic heterocycles. The highest BCUT2D eigenvalue weighted by atomic mass is 16.3. The van der Waals surface area contributed by atoms with Crippen LogP contribution in [0.3, 0.4) is 0 Å². The molecule has 0 radical (unpaired) electrons. The molecule has 1 heteroatoms. The predicted octanol–water partition coefficient (Wildman–Crippen LogP) is 10.7. The second-order valence-corrected chi connectivity index (χ2v) is 10.1. The van der Waals surface area contributed by atoms with Gasteiger partial charge < -0.3 is 4.42 Å². The van der Waals surface area contributed by atoms with Gasteiger partial charge in [0.15, 0.2) is 0 Å². The fourth-order valence-corrected chi connectivity index (χ4v) is 6.13. The number of aryl methyl sites for hydroxylation is 1. The second-order valence-electron chi connectivity index (χ2n) is 10.1. The van der Waals surface area contributed by atoms with Gasteiger partial charge in [0, 0.05) is 10.8 Å². The quantitative estimate of drug-likeness (QED) is 0.222. The standard InChI is InChI=1S/C37H24O/c1-23-9-8-16-32-33-22-27(19-20-34(33)38-37(23)32)36-30-14-6-4-12-28(30)35(29-13-5-7-15-31(29)36)26-18-17-24-10-2-3-11-25(24)21-26/h2-22H,1H3/i2D. The van der Waals surface area contributed by atoms with Gasteiger partial charge in [-0.3, -0.25) is 0 Å². The number of para-hydroxylation sites is 1. The Hall–Kier alpha value is -4.88. The molecule has 1 heterocycles. The molecule has 0 spiro atoms. The molecule has 1 aromatic heterocycles. The molecule has 0 fully saturated rings. The van der Waals surface area contributed by atoms with Gasteiger partial charge in [-0.1, -0.05) is 109 Å². The Morgan fingerprint density at radius 2 is 1.13 bits per heavy atom. The molecular weight excluding hydrogens is 460 g/mol. The first kappa shape index (κ1) is 20.2. The monoisotopic (exact) mass is 485 g/mol. The number of furan rings is 1. The molecular formula is C37H24O. The van der Waals surface area contributed by atoms with Crippen molar-refractivity contribution in [3.05, 3.63) is 133 Å². The molecule has 0 saturated heterocycles. The van der Waals surface area contributed by atoms with E-state index in [2.05, 4.69) is 110 Å². The summed E-state index contributed by atoms with van der Waals surface area (Å²) in [6.07, 6.45) is 0. The third kappa shape index (κ3) is 3.06. The number of hydrogen-bond donors (Lipinski definition) is 0. The van der Waals surface area contributed by atoms with E-state index in [4.69, 9.17) is 5.79 Å². The molecule has 0 aliphatic rings. The van der Waals surface area contributed by atoms with Gasteiger partial charge in [0.05, 0.1) is 1.37 Å². The van der Waals surface area contributed by atoms with Gasteiger partial charge in [0.1, 0.15) is 11.2 Å². The Balaban J connectivity index is 1.46. The van der Waals surface area contributed by atoms with Gasteiger partial charge in [-0.05, 0) is 85.3 Å². The number of hydrogen-bond acceptors (Lipinski definition) is 1. The fourth-order valence-electron chi connectivity index (χ4n) is 6.13. The van der Waals surface area contributed by atoms with Crippen LogP contribution in [0, 0.1) is 6.92 Å². The summed E-state index contributed by atoms with van der Waals surface area (Å²) in [7, 11) is 0. The average molecular weight is 486 g/mol. The maximum Gasteiger partial charge on any atom is 0.138 e. The molecule has 0 saturated carbocycles. The highest BCUT2D eigenvalue weighted by Gasteiger charge is 2.18. The number of benzene rings is 7. The predicted molar refractivity (Wildman–Crippen MR) is 162 cm³/mol. The van der Waals surface area contributed by atoms with Crippen LogP contribution in [0.1, 0.15) is 6.93 Å². The fraction of sp³-hybridized carbons (Fsp3) is 0.0270. The molecule has 38 heavy (non-hydrogen) atoms. The summed E-state index contributed by atoms with van der Waals surface area (Å²) < 4.78 is 14.3. The minimum Gasteiger partial charge on any atom is -0.456 e. The maximum atomic E-state index is 8.00. The van der Waals surface area contributed by atoms with Crippen LogP contribution in [-0.2, 0) is 0 Å². The van der Waals surface area contributed by atoms with Crippen molar-refractivity contribution in [1.82, 2.24) is 0 Å². The Kier molecular flexibility index (Phi) is 4.29. The summed E-state index contributed by atoms with van der Waals surface area (Å²) in [4.78, 5) is 0. The topological polar surface area (TPSA) is 13.1 Å². The minimum absolute atomic E-state index is 0.535. The summed E-state index contributed by atoms with van der Waals surface area (Å²) in [5.41, 5.74) is 7.89. The summed E-state index contributed by atoms with van der Waals surface area (Å²) in [5.74, 6) is 0. The first-order chi connectivity index (χ1) is 19.2. The van der Waals surface area contributed by atoms with Gasteiger partial charge in [-0.2, -0.15) is 0 Å². The Labute approximate surface area is 222 Å². The van der Waals surface area contributed by atoms with Crippen LogP contribution in [0.25, 0.3) is 76.5 Å². The lowest BCUT2D eigenvalue weighted by molar-refractivity contribution is 0.666. The Morgan fingerprint density at radius 3 is 1.84 bits per heavy atom. The molecule has 0 unspecified atom stereocenters. The van der Waals surface area contributed by atoms with Crippen molar-refractivity contribution >= 4 is 54.3 Å². The lowest BCUT2D eigenvalue weighted by atomic mass is 9.85. The summed E-state index contributed by atoms with van der Waals surface area (Å²) in [6.45, 7) is 2.10. The zero-order chi connectivity index (χ0) is 26.1. The molecule has 7 aromatic carbocycles. The minimum atomic E-state index is 0.535. The van der Waals surface area contributed by atoms with Crippen LogP contribution in [0.2, 0.25) is 0 Å². The zero-order valence-corrected chi connectivity index (χ0v) is 21.0. The third-order valence-corrected chi connectivity index (χ3v) is 7.89. The SMILES string of the molecule is [2H]c1ccc2cc(-c3c4ccccc4c(-c4ccc5oc6c(C)cccc6c5c4)c4ccccc34)ccc2c1. The van der Waals surface area contributed by atoms with Gasteiger partial charge in [0.2, 0.25) is 0 Å². The van der Waals surface area contributed by atoms with Crippen LogP contribution in [0.5, 0.6) is 0 Å². The van der Waals surface area contributed by atoms with E-state index in [-0.39, 0.29) is 0 Å². The van der Waals surface area contributed by atoms with E-state index in [1.165, 1.54) is 43.8 Å². The Bertz CT molecular complexity index is 2200. The highest BCUT2D eigenvalue weighted by Crippen LogP contribution is 2.45. The molecule has 0 N–H and O–H groups in total. The molecule has 1 nitrogen and oxygen atoms in total. The smallest absolute Gasteiger partial charge is 0.138 e. The van der Waals surface area contributed by atoms with E-state index in [1.807, 2.05) is 18.2 Å². The van der Waals surface area contributed by atoms with Crippen LogP contribution in [-0.4, -0.2) is 0 Å². The van der Waals surface area contributed by atoms with Crippen molar-refractivity contribution in [3.63, 3.8) is 0 Å². The van der Waals surface area contributed by atoms with Gasteiger partial charge in [-0.25, -0.2) is 0 Å². The average Bonchev–Trinajstić information content (AvgIpc) is 3.35. The molecule has 8 aromatic rings. The van der Waals surface area contributed by atoms with Crippen LogP contribution < -0.4 is 0 Å². The number of rotatable bonds is 2. The number of fused-ring (bicyclic) bond motifs is 6.